The van der Waals surface area contributed by atoms with Gasteiger partial charge in [-0.3, -0.25) is 5.32 Å². The Morgan fingerprint density at radius 3 is 2.48 bits per heavy atom. The molecule has 0 fully saturated rings. The van der Waals surface area contributed by atoms with Crippen LogP contribution < -0.4 is 5.32 Å². The number of benzene rings is 1. The number of carbonyl (C=O) groups excluding carboxylic acids is 1. The third kappa shape index (κ3) is 5.50. The second kappa shape index (κ2) is 8.95. The number of aromatic nitrogens is 5. The minimum atomic E-state index is -0.641. The van der Waals surface area contributed by atoms with E-state index < -0.39 is 11.7 Å². The lowest BCUT2D eigenvalue weighted by Gasteiger charge is -2.19. The van der Waals surface area contributed by atoms with Crippen LogP contribution in [0.4, 0.5) is 15.0 Å². The van der Waals surface area contributed by atoms with E-state index in [0.717, 1.165) is 5.56 Å². The van der Waals surface area contributed by atoms with Gasteiger partial charge in [0.1, 0.15) is 22.9 Å². The number of ether oxygens (including phenoxy) is 1. The van der Waals surface area contributed by atoms with E-state index in [1.807, 2.05) is 0 Å². The minimum Gasteiger partial charge on any atom is -0.444 e. The molecule has 0 saturated carbocycles. The van der Waals surface area contributed by atoms with E-state index in [1.165, 1.54) is 12.1 Å². The number of nitrogens with zero attached hydrogens (tertiary/aromatic N) is 5. The van der Waals surface area contributed by atoms with Crippen LogP contribution in [0.5, 0.6) is 0 Å². The number of hydrogen-bond acceptors (Lipinski definition) is 6. The van der Waals surface area contributed by atoms with Gasteiger partial charge in [0.2, 0.25) is 0 Å². The second-order valence-corrected chi connectivity index (χ2v) is 8.50. The molecule has 0 spiro atoms. The summed E-state index contributed by atoms with van der Waals surface area (Å²) in [6.07, 6.45) is 2.72. The van der Waals surface area contributed by atoms with Gasteiger partial charge in [-0.15, -0.1) is 10.2 Å². The number of pyridine rings is 1. The van der Waals surface area contributed by atoms with Crippen molar-refractivity contribution >= 4 is 23.5 Å². The number of halogens is 2. The van der Waals surface area contributed by atoms with E-state index >= 15 is 0 Å². The first-order valence-corrected chi connectivity index (χ1v) is 10.4. The molecule has 0 aliphatic carbocycles. The van der Waals surface area contributed by atoms with Crippen LogP contribution in [0.25, 0.3) is 28.2 Å². The van der Waals surface area contributed by atoms with Crippen LogP contribution in [0.3, 0.4) is 0 Å². The summed E-state index contributed by atoms with van der Waals surface area (Å²) in [7, 11) is 0. The first-order valence-electron chi connectivity index (χ1n) is 9.99. The molecule has 0 radical (unpaired) electrons. The summed E-state index contributed by atoms with van der Waals surface area (Å²) in [5, 5.41) is 15.5. The molecule has 0 atom stereocenters. The minimum absolute atomic E-state index is 0.261. The molecule has 1 aromatic carbocycles. The first-order chi connectivity index (χ1) is 15.7. The fourth-order valence-corrected chi connectivity index (χ4v) is 3.13. The highest BCUT2D eigenvalue weighted by Crippen LogP contribution is 2.33. The zero-order chi connectivity index (χ0) is 23.6. The molecule has 0 saturated heterocycles. The molecule has 0 unspecified atom stereocenters. The summed E-state index contributed by atoms with van der Waals surface area (Å²) in [5.41, 5.74) is 2.08. The van der Waals surface area contributed by atoms with Gasteiger partial charge in [-0.1, -0.05) is 11.6 Å². The quantitative estimate of drug-likeness (QED) is 0.425. The standard InChI is InChI=1S/C23H20ClFN6O2/c1-23(2,3)33-22(32)27-19-12-15(10-11-26-19)17-13-31(20-9-8-18(24)28-29-20)30-21(17)14-4-6-16(25)7-5-14/h4-13H,1-3H3,(H,26,27,32). The summed E-state index contributed by atoms with van der Waals surface area (Å²) in [4.78, 5) is 16.4. The third-order valence-electron chi connectivity index (χ3n) is 4.38. The predicted octanol–water partition coefficient (Wildman–Crippen LogP) is 5.53. The normalized spacial score (nSPS) is 11.3. The molecular formula is C23H20ClFN6O2. The van der Waals surface area contributed by atoms with Crippen molar-refractivity contribution in [2.45, 2.75) is 26.4 Å². The summed E-state index contributed by atoms with van der Waals surface area (Å²) in [5.74, 6) is 0.414. The molecule has 1 N–H and O–H groups in total. The number of carbonyl (C=O) groups is 1. The maximum Gasteiger partial charge on any atom is 0.413 e. The van der Waals surface area contributed by atoms with Crippen LogP contribution >= 0.6 is 11.6 Å². The molecule has 4 aromatic rings. The SMILES string of the molecule is CC(C)(C)OC(=O)Nc1cc(-c2cn(-c3ccc(Cl)nn3)nc2-c2ccc(F)cc2)ccn1. The molecule has 1 amide bonds. The van der Waals surface area contributed by atoms with Gasteiger partial charge in [0.15, 0.2) is 11.0 Å². The molecule has 10 heteroatoms. The average molecular weight is 467 g/mol. The van der Waals surface area contributed by atoms with Crippen LogP contribution in [-0.4, -0.2) is 36.7 Å². The van der Waals surface area contributed by atoms with Crippen molar-refractivity contribution in [3.63, 3.8) is 0 Å². The van der Waals surface area contributed by atoms with Gasteiger partial charge >= 0.3 is 6.09 Å². The van der Waals surface area contributed by atoms with E-state index in [2.05, 4.69) is 25.6 Å². The number of nitrogens with one attached hydrogen (secondary N) is 1. The van der Waals surface area contributed by atoms with E-state index in [0.29, 0.717) is 28.5 Å². The Labute approximate surface area is 194 Å². The highest BCUT2D eigenvalue weighted by atomic mass is 35.5. The number of amides is 1. The van der Waals surface area contributed by atoms with Gasteiger partial charge in [-0.05, 0) is 74.9 Å². The van der Waals surface area contributed by atoms with Crippen molar-refractivity contribution < 1.29 is 13.9 Å². The smallest absolute Gasteiger partial charge is 0.413 e. The zero-order valence-corrected chi connectivity index (χ0v) is 18.8. The maximum atomic E-state index is 13.5. The van der Waals surface area contributed by atoms with Gasteiger partial charge in [0.05, 0.1) is 0 Å². The van der Waals surface area contributed by atoms with Crippen molar-refractivity contribution in [1.82, 2.24) is 25.0 Å². The van der Waals surface area contributed by atoms with Crippen molar-refractivity contribution in [3.05, 3.63) is 71.9 Å². The van der Waals surface area contributed by atoms with E-state index in [1.54, 1.807) is 74.2 Å². The van der Waals surface area contributed by atoms with Gasteiger partial charge < -0.3 is 4.74 Å². The lowest BCUT2D eigenvalue weighted by atomic mass is 10.0. The topological polar surface area (TPSA) is 94.8 Å². The molecule has 0 aliphatic rings. The average Bonchev–Trinajstić information content (AvgIpc) is 3.19. The summed E-state index contributed by atoms with van der Waals surface area (Å²) in [6.45, 7) is 5.33. The highest BCUT2D eigenvalue weighted by molar-refractivity contribution is 6.29. The molecule has 3 aromatic heterocycles. The molecule has 4 rings (SSSR count). The molecule has 3 heterocycles. The Balaban J connectivity index is 1.75. The Kier molecular flexibility index (Phi) is 6.06. The zero-order valence-electron chi connectivity index (χ0n) is 18.1. The van der Waals surface area contributed by atoms with E-state index in [9.17, 15) is 9.18 Å². The largest absolute Gasteiger partial charge is 0.444 e. The monoisotopic (exact) mass is 466 g/mol. The molecule has 33 heavy (non-hydrogen) atoms. The van der Waals surface area contributed by atoms with Gasteiger partial charge in [0, 0.05) is 23.5 Å². The fraction of sp³-hybridized carbons (Fsp3) is 0.174. The van der Waals surface area contributed by atoms with E-state index in [-0.39, 0.29) is 11.0 Å². The van der Waals surface area contributed by atoms with Crippen molar-refractivity contribution in [2.75, 3.05) is 5.32 Å². The van der Waals surface area contributed by atoms with Crippen LogP contribution in [0.1, 0.15) is 20.8 Å². The van der Waals surface area contributed by atoms with Crippen LogP contribution in [-0.2, 0) is 4.74 Å². The highest BCUT2D eigenvalue weighted by Gasteiger charge is 2.18. The summed E-state index contributed by atoms with van der Waals surface area (Å²) in [6, 6.07) is 12.8. The van der Waals surface area contributed by atoms with E-state index in [4.69, 9.17) is 16.3 Å². The summed E-state index contributed by atoms with van der Waals surface area (Å²) < 4.78 is 20.4. The number of hydrogen-bond donors (Lipinski definition) is 1. The lowest BCUT2D eigenvalue weighted by Crippen LogP contribution is -2.27. The van der Waals surface area contributed by atoms with Crippen molar-refractivity contribution in [3.8, 4) is 28.2 Å². The molecule has 0 aliphatic heterocycles. The fourth-order valence-electron chi connectivity index (χ4n) is 3.03. The van der Waals surface area contributed by atoms with Crippen molar-refractivity contribution in [2.24, 2.45) is 0 Å². The van der Waals surface area contributed by atoms with Gasteiger partial charge in [-0.2, -0.15) is 5.10 Å². The first kappa shape index (κ1) is 22.3. The Morgan fingerprint density at radius 1 is 1.06 bits per heavy atom. The summed E-state index contributed by atoms with van der Waals surface area (Å²) >= 11 is 5.85. The van der Waals surface area contributed by atoms with Crippen molar-refractivity contribution in [1.29, 1.82) is 0 Å². The third-order valence-corrected chi connectivity index (χ3v) is 4.59. The Hall–Kier alpha value is -3.85. The maximum absolute atomic E-state index is 13.5. The second-order valence-electron chi connectivity index (χ2n) is 8.11. The molecular weight excluding hydrogens is 447 g/mol. The van der Waals surface area contributed by atoms with Crippen LogP contribution in [0.15, 0.2) is 60.9 Å². The predicted molar refractivity (Wildman–Crippen MR) is 123 cm³/mol. The molecule has 8 nitrogen and oxygen atoms in total. The Morgan fingerprint density at radius 2 is 1.82 bits per heavy atom. The van der Waals surface area contributed by atoms with Gasteiger partial charge in [-0.25, -0.2) is 18.9 Å². The van der Waals surface area contributed by atoms with Crippen LogP contribution in [0.2, 0.25) is 5.15 Å². The Bertz CT molecular complexity index is 1280. The number of rotatable bonds is 4. The molecule has 0 bridgehead atoms. The lowest BCUT2D eigenvalue weighted by molar-refractivity contribution is 0.0635. The molecule has 168 valence electrons. The number of anilines is 1. The van der Waals surface area contributed by atoms with Crippen LogP contribution in [0, 0.1) is 5.82 Å². The van der Waals surface area contributed by atoms with Gasteiger partial charge in [0.25, 0.3) is 0 Å².